The molecular weight excluding hydrogens is 366 g/mol. The van der Waals surface area contributed by atoms with E-state index in [0.717, 1.165) is 22.6 Å². The summed E-state index contributed by atoms with van der Waals surface area (Å²) < 4.78 is 17.5. The van der Waals surface area contributed by atoms with E-state index < -0.39 is 11.7 Å². The van der Waals surface area contributed by atoms with Crippen molar-refractivity contribution in [3.8, 4) is 17.2 Å². The van der Waals surface area contributed by atoms with Crippen LogP contribution in [0.2, 0.25) is 0 Å². The standard InChI is InChI=1S/C24H31NO4/c1-7-21(28-18-9-8-15(2)16(3)12-18)23(26)25-20-14-24(4,5)29-22-13-17(27-6)10-11-19(20)22/h8-13,20-21H,7,14H2,1-6H3,(H,25,26). The zero-order chi connectivity index (χ0) is 21.2. The molecule has 2 aromatic rings. The van der Waals surface area contributed by atoms with Gasteiger partial charge >= 0.3 is 0 Å². The molecule has 3 rings (SSSR count). The molecule has 0 saturated heterocycles. The Balaban J connectivity index is 1.78. The van der Waals surface area contributed by atoms with E-state index in [-0.39, 0.29) is 11.9 Å². The van der Waals surface area contributed by atoms with Crippen molar-refractivity contribution >= 4 is 5.91 Å². The molecule has 0 aromatic heterocycles. The second kappa shape index (κ2) is 8.36. The molecule has 0 bridgehead atoms. The molecule has 0 aliphatic carbocycles. The molecule has 5 heteroatoms. The summed E-state index contributed by atoms with van der Waals surface area (Å²) in [5.74, 6) is 2.08. The van der Waals surface area contributed by atoms with E-state index >= 15 is 0 Å². The quantitative estimate of drug-likeness (QED) is 0.754. The molecule has 156 valence electrons. The lowest BCUT2D eigenvalue weighted by atomic mass is 9.89. The van der Waals surface area contributed by atoms with Crippen LogP contribution >= 0.6 is 0 Å². The van der Waals surface area contributed by atoms with Gasteiger partial charge in [0.1, 0.15) is 22.8 Å². The van der Waals surface area contributed by atoms with Crippen LogP contribution in [-0.2, 0) is 4.79 Å². The van der Waals surface area contributed by atoms with Crippen LogP contribution in [0.1, 0.15) is 56.3 Å². The van der Waals surface area contributed by atoms with Gasteiger partial charge in [-0.3, -0.25) is 4.79 Å². The van der Waals surface area contributed by atoms with E-state index in [1.165, 1.54) is 5.56 Å². The smallest absolute Gasteiger partial charge is 0.261 e. The fraction of sp³-hybridized carbons (Fsp3) is 0.458. The van der Waals surface area contributed by atoms with Gasteiger partial charge in [-0.25, -0.2) is 0 Å². The van der Waals surface area contributed by atoms with Gasteiger partial charge in [-0.05, 0) is 69.5 Å². The van der Waals surface area contributed by atoms with Gasteiger partial charge in [0.05, 0.1) is 13.2 Å². The van der Waals surface area contributed by atoms with Gasteiger partial charge < -0.3 is 19.5 Å². The van der Waals surface area contributed by atoms with Crippen molar-refractivity contribution in [3.05, 3.63) is 53.1 Å². The average molecular weight is 398 g/mol. The minimum absolute atomic E-state index is 0.116. The third-order valence-electron chi connectivity index (χ3n) is 5.41. The lowest BCUT2D eigenvalue weighted by molar-refractivity contribution is -0.129. The van der Waals surface area contributed by atoms with Crippen LogP contribution in [0, 0.1) is 13.8 Å². The number of nitrogens with one attached hydrogen (secondary N) is 1. The molecule has 1 N–H and O–H groups in total. The topological polar surface area (TPSA) is 56.8 Å². The second-order valence-corrected chi connectivity index (χ2v) is 8.29. The number of amides is 1. The Morgan fingerprint density at radius 3 is 2.55 bits per heavy atom. The van der Waals surface area contributed by atoms with Crippen molar-refractivity contribution in [1.82, 2.24) is 5.32 Å². The first kappa shape index (κ1) is 21.0. The van der Waals surface area contributed by atoms with Gasteiger partial charge in [-0.15, -0.1) is 0 Å². The van der Waals surface area contributed by atoms with Crippen LogP contribution in [0.4, 0.5) is 0 Å². The molecule has 1 aliphatic heterocycles. The highest BCUT2D eigenvalue weighted by atomic mass is 16.5. The van der Waals surface area contributed by atoms with Crippen LogP contribution in [0.3, 0.4) is 0 Å². The van der Waals surface area contributed by atoms with Gasteiger partial charge in [0.25, 0.3) is 5.91 Å². The minimum Gasteiger partial charge on any atom is -0.497 e. The number of rotatable bonds is 6. The molecular formula is C24H31NO4. The molecule has 1 aliphatic rings. The predicted molar refractivity (Wildman–Crippen MR) is 114 cm³/mol. The Morgan fingerprint density at radius 2 is 1.90 bits per heavy atom. The zero-order valence-electron chi connectivity index (χ0n) is 18.2. The lowest BCUT2D eigenvalue weighted by Gasteiger charge is -2.38. The van der Waals surface area contributed by atoms with Crippen LogP contribution in [-0.4, -0.2) is 24.7 Å². The molecule has 1 heterocycles. The van der Waals surface area contributed by atoms with Crippen LogP contribution in [0.25, 0.3) is 0 Å². The molecule has 0 saturated carbocycles. The fourth-order valence-electron chi connectivity index (χ4n) is 3.63. The molecule has 2 unspecified atom stereocenters. The largest absolute Gasteiger partial charge is 0.497 e. The summed E-state index contributed by atoms with van der Waals surface area (Å²) >= 11 is 0. The summed E-state index contributed by atoms with van der Waals surface area (Å²) in [7, 11) is 1.63. The molecule has 0 radical (unpaired) electrons. The number of hydrogen-bond donors (Lipinski definition) is 1. The maximum Gasteiger partial charge on any atom is 0.261 e. The third kappa shape index (κ3) is 4.84. The maximum atomic E-state index is 13.0. The molecule has 0 fully saturated rings. The number of carbonyl (C=O) groups excluding carboxylic acids is 1. The highest BCUT2D eigenvalue weighted by Gasteiger charge is 2.36. The van der Waals surface area contributed by atoms with Crippen molar-refractivity contribution in [1.29, 1.82) is 0 Å². The summed E-state index contributed by atoms with van der Waals surface area (Å²) in [5, 5.41) is 3.18. The molecule has 0 spiro atoms. The SMILES string of the molecule is CCC(Oc1ccc(C)c(C)c1)C(=O)NC1CC(C)(C)Oc2cc(OC)ccc21. The lowest BCUT2D eigenvalue weighted by Crippen LogP contribution is -2.45. The van der Waals surface area contributed by atoms with E-state index in [1.54, 1.807) is 7.11 Å². The number of hydrogen-bond acceptors (Lipinski definition) is 4. The number of benzene rings is 2. The summed E-state index contributed by atoms with van der Waals surface area (Å²) in [6, 6.07) is 11.5. The van der Waals surface area contributed by atoms with E-state index in [0.29, 0.717) is 18.6 Å². The molecule has 2 atom stereocenters. The first-order valence-electron chi connectivity index (χ1n) is 10.1. The first-order chi connectivity index (χ1) is 13.7. The molecule has 5 nitrogen and oxygen atoms in total. The summed E-state index contributed by atoms with van der Waals surface area (Å²) in [6.07, 6.45) is 0.712. The third-order valence-corrected chi connectivity index (χ3v) is 5.41. The van der Waals surface area contributed by atoms with Gasteiger partial charge in [0.15, 0.2) is 6.10 Å². The minimum atomic E-state index is -0.551. The van der Waals surface area contributed by atoms with Crippen molar-refractivity contribution in [3.63, 3.8) is 0 Å². The highest BCUT2D eigenvalue weighted by molar-refractivity contribution is 5.81. The van der Waals surface area contributed by atoms with Crippen molar-refractivity contribution in [2.45, 2.75) is 65.2 Å². The zero-order valence-corrected chi connectivity index (χ0v) is 18.2. The predicted octanol–water partition coefficient (Wildman–Crippen LogP) is 4.89. The Kier molecular flexibility index (Phi) is 6.06. The Labute approximate surface area is 173 Å². The second-order valence-electron chi connectivity index (χ2n) is 8.29. The molecule has 29 heavy (non-hydrogen) atoms. The Bertz CT molecular complexity index is 890. The van der Waals surface area contributed by atoms with Gasteiger partial charge in [-0.2, -0.15) is 0 Å². The van der Waals surface area contributed by atoms with E-state index in [9.17, 15) is 4.79 Å². The first-order valence-corrected chi connectivity index (χ1v) is 10.1. The van der Waals surface area contributed by atoms with Crippen LogP contribution < -0.4 is 19.5 Å². The summed E-state index contributed by atoms with van der Waals surface area (Å²) in [4.78, 5) is 13.0. The number of aryl methyl sites for hydroxylation is 2. The van der Waals surface area contributed by atoms with Crippen LogP contribution in [0.15, 0.2) is 36.4 Å². The van der Waals surface area contributed by atoms with Gasteiger partial charge in [-0.1, -0.05) is 13.0 Å². The average Bonchev–Trinajstić information content (AvgIpc) is 2.67. The van der Waals surface area contributed by atoms with Gasteiger partial charge in [0.2, 0.25) is 0 Å². The molecule has 2 aromatic carbocycles. The Morgan fingerprint density at radius 1 is 1.17 bits per heavy atom. The summed E-state index contributed by atoms with van der Waals surface area (Å²) in [6.45, 7) is 10.1. The number of carbonyl (C=O) groups is 1. The molecule has 1 amide bonds. The van der Waals surface area contributed by atoms with Crippen molar-refractivity contribution in [2.24, 2.45) is 0 Å². The van der Waals surface area contributed by atoms with Crippen molar-refractivity contribution in [2.75, 3.05) is 7.11 Å². The normalized spacial score (nSPS) is 18.2. The number of fused-ring (bicyclic) bond motifs is 1. The fourth-order valence-corrected chi connectivity index (χ4v) is 3.63. The van der Waals surface area contributed by atoms with Crippen molar-refractivity contribution < 1.29 is 19.0 Å². The van der Waals surface area contributed by atoms with Crippen LogP contribution in [0.5, 0.6) is 17.2 Å². The van der Waals surface area contributed by atoms with Gasteiger partial charge in [0, 0.05) is 18.1 Å². The highest BCUT2D eigenvalue weighted by Crippen LogP contribution is 2.41. The Hall–Kier alpha value is -2.69. The number of methoxy groups -OCH3 is 1. The van der Waals surface area contributed by atoms with E-state index in [4.69, 9.17) is 14.2 Å². The van der Waals surface area contributed by atoms with E-state index in [1.807, 2.05) is 64.1 Å². The van der Waals surface area contributed by atoms with E-state index in [2.05, 4.69) is 12.2 Å². The summed E-state index contributed by atoms with van der Waals surface area (Å²) in [5.41, 5.74) is 2.91. The maximum absolute atomic E-state index is 13.0. The monoisotopic (exact) mass is 397 g/mol. The number of ether oxygens (including phenoxy) is 3.